The molecule has 1 aliphatic heterocycles. The second-order valence-corrected chi connectivity index (χ2v) is 6.24. The molecule has 1 saturated heterocycles. The van der Waals surface area contributed by atoms with Gasteiger partial charge in [0.15, 0.2) is 0 Å². The molecule has 2 N–H and O–H groups in total. The molecule has 0 radical (unpaired) electrons. The first-order valence-corrected chi connectivity index (χ1v) is 8.61. The lowest BCUT2D eigenvalue weighted by Crippen LogP contribution is -2.46. The van der Waals surface area contributed by atoms with Crippen molar-refractivity contribution in [1.29, 1.82) is 0 Å². The van der Waals surface area contributed by atoms with Gasteiger partial charge in [0, 0.05) is 26.2 Å². The standard InChI is InChI=1S/C17H28ClN3/c18-16-8-4-5-9-17(16)21-14-12-20(13-15-21)11-7-3-1-2-6-10-19/h4-5,8-9H,1-3,6-7,10-15,19H2. The van der Waals surface area contributed by atoms with Gasteiger partial charge >= 0.3 is 0 Å². The van der Waals surface area contributed by atoms with Crippen LogP contribution in [0.4, 0.5) is 5.69 Å². The lowest BCUT2D eigenvalue weighted by molar-refractivity contribution is 0.252. The Bertz CT molecular complexity index is 403. The maximum atomic E-state index is 6.27. The van der Waals surface area contributed by atoms with Crippen LogP contribution in [0.2, 0.25) is 5.02 Å². The van der Waals surface area contributed by atoms with Gasteiger partial charge in [-0.05, 0) is 38.1 Å². The third kappa shape index (κ3) is 5.50. The summed E-state index contributed by atoms with van der Waals surface area (Å²) in [5.41, 5.74) is 6.69. The maximum Gasteiger partial charge on any atom is 0.0639 e. The van der Waals surface area contributed by atoms with Gasteiger partial charge in [0.25, 0.3) is 0 Å². The smallest absolute Gasteiger partial charge is 0.0639 e. The predicted octanol–water partition coefficient (Wildman–Crippen LogP) is 3.37. The van der Waals surface area contributed by atoms with E-state index < -0.39 is 0 Å². The molecule has 0 bridgehead atoms. The highest BCUT2D eigenvalue weighted by atomic mass is 35.5. The van der Waals surface area contributed by atoms with Crippen LogP contribution < -0.4 is 10.6 Å². The minimum absolute atomic E-state index is 0.837. The van der Waals surface area contributed by atoms with Crippen LogP contribution >= 0.6 is 11.6 Å². The van der Waals surface area contributed by atoms with Crippen molar-refractivity contribution in [2.45, 2.75) is 32.1 Å². The molecule has 0 spiro atoms. The zero-order valence-electron chi connectivity index (χ0n) is 12.9. The molecule has 0 amide bonds. The van der Waals surface area contributed by atoms with Crippen LogP contribution in [0, 0.1) is 0 Å². The lowest BCUT2D eigenvalue weighted by atomic mass is 10.1. The molecular formula is C17H28ClN3. The van der Waals surface area contributed by atoms with E-state index in [-0.39, 0.29) is 0 Å². The topological polar surface area (TPSA) is 32.5 Å². The summed E-state index contributed by atoms with van der Waals surface area (Å²) in [5, 5.41) is 0.867. The molecule has 3 nitrogen and oxygen atoms in total. The fourth-order valence-electron chi connectivity index (χ4n) is 2.93. The number of nitrogens with two attached hydrogens (primary N) is 1. The molecule has 0 atom stereocenters. The molecule has 4 heteroatoms. The zero-order valence-corrected chi connectivity index (χ0v) is 13.7. The first kappa shape index (κ1) is 16.6. The van der Waals surface area contributed by atoms with Crippen molar-refractivity contribution in [3.8, 4) is 0 Å². The minimum Gasteiger partial charge on any atom is -0.368 e. The summed E-state index contributed by atoms with van der Waals surface area (Å²) in [6.45, 7) is 6.53. The molecule has 0 saturated carbocycles. The minimum atomic E-state index is 0.837. The molecule has 0 aliphatic carbocycles. The molecule has 1 fully saturated rings. The van der Waals surface area contributed by atoms with Crippen molar-refractivity contribution in [1.82, 2.24) is 4.90 Å². The van der Waals surface area contributed by atoms with Crippen LogP contribution in [0.15, 0.2) is 24.3 Å². The molecule has 1 aliphatic rings. The van der Waals surface area contributed by atoms with Crippen molar-refractivity contribution < 1.29 is 0 Å². The van der Waals surface area contributed by atoms with E-state index in [0.717, 1.165) is 37.7 Å². The Hall–Kier alpha value is -0.770. The van der Waals surface area contributed by atoms with Gasteiger partial charge in [-0.1, -0.05) is 43.0 Å². The molecule has 0 unspecified atom stereocenters. The fourth-order valence-corrected chi connectivity index (χ4v) is 3.19. The van der Waals surface area contributed by atoms with Gasteiger partial charge in [-0.3, -0.25) is 4.90 Å². The largest absolute Gasteiger partial charge is 0.368 e. The summed E-state index contributed by atoms with van der Waals surface area (Å²) >= 11 is 6.27. The molecular weight excluding hydrogens is 282 g/mol. The highest BCUT2D eigenvalue weighted by Crippen LogP contribution is 2.26. The molecule has 118 valence electrons. The van der Waals surface area contributed by atoms with E-state index in [9.17, 15) is 0 Å². The number of unbranched alkanes of at least 4 members (excludes halogenated alkanes) is 4. The Balaban J connectivity index is 1.63. The Morgan fingerprint density at radius 1 is 0.905 bits per heavy atom. The highest BCUT2D eigenvalue weighted by Gasteiger charge is 2.18. The third-order valence-corrected chi connectivity index (χ3v) is 4.56. The highest BCUT2D eigenvalue weighted by molar-refractivity contribution is 6.33. The zero-order chi connectivity index (χ0) is 14.9. The lowest BCUT2D eigenvalue weighted by Gasteiger charge is -2.36. The average Bonchev–Trinajstić information content (AvgIpc) is 2.52. The predicted molar refractivity (Wildman–Crippen MR) is 92.2 cm³/mol. The number of piperazine rings is 1. The number of para-hydroxylation sites is 1. The molecule has 1 aromatic carbocycles. The van der Waals surface area contributed by atoms with Gasteiger partial charge < -0.3 is 10.6 Å². The molecule has 1 aromatic rings. The number of anilines is 1. The van der Waals surface area contributed by atoms with E-state index in [0.29, 0.717) is 0 Å². The summed E-state index contributed by atoms with van der Waals surface area (Å²) in [7, 11) is 0. The van der Waals surface area contributed by atoms with E-state index in [1.807, 2.05) is 12.1 Å². The van der Waals surface area contributed by atoms with E-state index in [1.54, 1.807) is 0 Å². The second-order valence-electron chi connectivity index (χ2n) is 5.84. The number of hydrogen-bond donors (Lipinski definition) is 1. The molecule has 21 heavy (non-hydrogen) atoms. The normalized spacial score (nSPS) is 16.4. The maximum absolute atomic E-state index is 6.27. The second kappa shape index (κ2) is 9.29. The van der Waals surface area contributed by atoms with Gasteiger partial charge in [0.2, 0.25) is 0 Å². The van der Waals surface area contributed by atoms with Crippen LogP contribution in [-0.2, 0) is 0 Å². The van der Waals surface area contributed by atoms with Gasteiger partial charge in [-0.25, -0.2) is 0 Å². The van der Waals surface area contributed by atoms with Crippen molar-refractivity contribution in [2.24, 2.45) is 5.73 Å². The summed E-state index contributed by atoms with van der Waals surface area (Å²) < 4.78 is 0. The average molecular weight is 310 g/mol. The summed E-state index contributed by atoms with van der Waals surface area (Å²) in [6.07, 6.45) is 6.45. The first-order chi connectivity index (χ1) is 10.3. The molecule has 0 aromatic heterocycles. The van der Waals surface area contributed by atoms with Crippen molar-refractivity contribution in [3.05, 3.63) is 29.3 Å². The van der Waals surface area contributed by atoms with Crippen LogP contribution in [0.3, 0.4) is 0 Å². The van der Waals surface area contributed by atoms with Gasteiger partial charge in [0.05, 0.1) is 10.7 Å². The van der Waals surface area contributed by atoms with Gasteiger partial charge in [0.1, 0.15) is 0 Å². The fraction of sp³-hybridized carbons (Fsp3) is 0.647. The third-order valence-electron chi connectivity index (χ3n) is 4.24. The van der Waals surface area contributed by atoms with E-state index in [4.69, 9.17) is 17.3 Å². The number of rotatable bonds is 8. The van der Waals surface area contributed by atoms with E-state index in [2.05, 4.69) is 21.9 Å². The van der Waals surface area contributed by atoms with Crippen molar-refractivity contribution in [2.75, 3.05) is 44.2 Å². The summed E-state index contributed by atoms with van der Waals surface area (Å²) in [5.74, 6) is 0. The van der Waals surface area contributed by atoms with Crippen molar-refractivity contribution >= 4 is 17.3 Å². The summed E-state index contributed by atoms with van der Waals surface area (Å²) in [6, 6.07) is 8.15. The molecule has 2 rings (SSSR count). The monoisotopic (exact) mass is 309 g/mol. The Morgan fingerprint density at radius 3 is 2.29 bits per heavy atom. The molecule has 1 heterocycles. The number of hydrogen-bond acceptors (Lipinski definition) is 3. The SMILES string of the molecule is NCCCCCCCN1CCN(c2ccccc2Cl)CC1. The van der Waals surface area contributed by atoms with Crippen LogP contribution in [0.25, 0.3) is 0 Å². The van der Waals surface area contributed by atoms with E-state index in [1.165, 1.54) is 44.3 Å². The number of benzene rings is 1. The number of halogens is 1. The van der Waals surface area contributed by atoms with Crippen LogP contribution in [-0.4, -0.2) is 44.2 Å². The van der Waals surface area contributed by atoms with Gasteiger partial charge in [-0.15, -0.1) is 0 Å². The Kier molecular flexibility index (Phi) is 7.34. The van der Waals surface area contributed by atoms with Crippen molar-refractivity contribution in [3.63, 3.8) is 0 Å². The number of nitrogens with zero attached hydrogens (tertiary/aromatic N) is 2. The van der Waals surface area contributed by atoms with E-state index >= 15 is 0 Å². The van der Waals surface area contributed by atoms with Gasteiger partial charge in [-0.2, -0.15) is 0 Å². The Morgan fingerprint density at radius 2 is 1.57 bits per heavy atom. The summed E-state index contributed by atoms with van der Waals surface area (Å²) in [4.78, 5) is 4.98. The quantitative estimate of drug-likeness (QED) is 0.747. The first-order valence-electron chi connectivity index (χ1n) is 8.23. The van der Waals surface area contributed by atoms with Crippen LogP contribution in [0.5, 0.6) is 0 Å². The van der Waals surface area contributed by atoms with Crippen LogP contribution in [0.1, 0.15) is 32.1 Å². The Labute approximate surface area is 134 Å².